The molecule has 0 aromatic carbocycles. The van der Waals surface area contributed by atoms with Crippen LogP contribution in [0.15, 0.2) is 0 Å². The van der Waals surface area contributed by atoms with E-state index in [2.05, 4.69) is 10.1 Å². The quantitative estimate of drug-likeness (QED) is 0.604. The van der Waals surface area contributed by atoms with E-state index in [1.807, 2.05) is 0 Å². The van der Waals surface area contributed by atoms with Gasteiger partial charge in [-0.3, -0.25) is 4.79 Å². The highest BCUT2D eigenvalue weighted by molar-refractivity contribution is 7.89. The van der Waals surface area contributed by atoms with Crippen LogP contribution >= 0.6 is 0 Å². The molecule has 0 aliphatic rings. The van der Waals surface area contributed by atoms with Crippen molar-refractivity contribution in [2.24, 2.45) is 0 Å². The van der Waals surface area contributed by atoms with Crippen molar-refractivity contribution in [3.8, 4) is 0 Å². The fraction of sp³-hybridized carbons (Fsp3) is 0.857. The van der Waals surface area contributed by atoms with Crippen molar-refractivity contribution in [1.29, 1.82) is 0 Å². The van der Waals surface area contributed by atoms with Crippen LogP contribution in [0.25, 0.3) is 0 Å². The van der Waals surface area contributed by atoms with Crippen LogP contribution in [-0.4, -0.2) is 58.7 Å². The lowest BCUT2D eigenvalue weighted by Gasteiger charge is -2.11. The standard InChI is InChI=1S/C7H16N2O4S/c1-9(2)14(11,12)5-4-8-7(10)6-13-3/h4-6H2,1-3H3,(H,8,10). The third-order valence-electron chi connectivity index (χ3n) is 1.51. The number of ether oxygens (including phenoxy) is 1. The van der Waals surface area contributed by atoms with Crippen molar-refractivity contribution in [2.75, 3.05) is 40.1 Å². The first kappa shape index (κ1) is 13.3. The average molecular weight is 224 g/mol. The van der Waals surface area contributed by atoms with Crippen LogP contribution in [0.4, 0.5) is 0 Å². The van der Waals surface area contributed by atoms with Gasteiger partial charge in [-0.25, -0.2) is 12.7 Å². The van der Waals surface area contributed by atoms with E-state index in [-0.39, 0.29) is 24.8 Å². The van der Waals surface area contributed by atoms with Gasteiger partial charge in [-0.2, -0.15) is 0 Å². The minimum absolute atomic E-state index is 0.0536. The van der Waals surface area contributed by atoms with Crippen LogP contribution in [0.1, 0.15) is 0 Å². The predicted octanol–water partition coefficient (Wildman–Crippen LogP) is -1.36. The van der Waals surface area contributed by atoms with Gasteiger partial charge >= 0.3 is 0 Å². The molecule has 0 saturated carbocycles. The molecule has 0 spiro atoms. The Bertz CT molecular complexity index is 273. The maximum absolute atomic E-state index is 11.2. The number of hydrogen-bond donors (Lipinski definition) is 1. The largest absolute Gasteiger partial charge is 0.375 e. The molecule has 84 valence electrons. The molecule has 0 aliphatic carbocycles. The Labute approximate surface area is 84.3 Å². The molecule has 0 heterocycles. The van der Waals surface area contributed by atoms with Crippen LogP contribution in [0.2, 0.25) is 0 Å². The van der Waals surface area contributed by atoms with Crippen LogP contribution in [0.5, 0.6) is 0 Å². The third-order valence-corrected chi connectivity index (χ3v) is 3.35. The topological polar surface area (TPSA) is 75.7 Å². The molecular formula is C7H16N2O4S. The molecule has 0 aromatic heterocycles. The van der Waals surface area contributed by atoms with Gasteiger partial charge in [0.1, 0.15) is 6.61 Å². The van der Waals surface area contributed by atoms with Gasteiger partial charge in [0.2, 0.25) is 15.9 Å². The maximum Gasteiger partial charge on any atom is 0.246 e. The Balaban J connectivity index is 3.80. The second-order valence-electron chi connectivity index (χ2n) is 2.88. The Kier molecular flexibility index (Phi) is 5.66. The SMILES string of the molecule is COCC(=O)NCCS(=O)(=O)N(C)C. The number of carbonyl (C=O) groups is 1. The van der Waals surface area contributed by atoms with E-state index in [9.17, 15) is 13.2 Å². The fourth-order valence-electron chi connectivity index (χ4n) is 0.684. The molecule has 1 amide bonds. The van der Waals surface area contributed by atoms with Crippen molar-refractivity contribution >= 4 is 15.9 Å². The summed E-state index contributed by atoms with van der Waals surface area (Å²) in [5.41, 5.74) is 0. The zero-order valence-corrected chi connectivity index (χ0v) is 9.43. The fourth-order valence-corrected chi connectivity index (χ4v) is 1.41. The van der Waals surface area contributed by atoms with Crippen molar-refractivity contribution < 1.29 is 17.9 Å². The van der Waals surface area contributed by atoms with Gasteiger partial charge in [-0.15, -0.1) is 0 Å². The maximum atomic E-state index is 11.2. The normalized spacial score (nSPS) is 11.7. The van der Waals surface area contributed by atoms with E-state index in [0.717, 1.165) is 4.31 Å². The number of sulfonamides is 1. The molecule has 0 aliphatic heterocycles. The van der Waals surface area contributed by atoms with Crippen molar-refractivity contribution in [1.82, 2.24) is 9.62 Å². The number of carbonyl (C=O) groups excluding carboxylic acids is 1. The minimum atomic E-state index is -3.23. The summed E-state index contributed by atoms with van der Waals surface area (Å²) in [6.07, 6.45) is 0. The van der Waals surface area contributed by atoms with Crippen LogP contribution in [-0.2, 0) is 19.6 Å². The smallest absolute Gasteiger partial charge is 0.246 e. The van der Waals surface area contributed by atoms with Crippen molar-refractivity contribution in [3.05, 3.63) is 0 Å². The van der Waals surface area contributed by atoms with E-state index in [1.54, 1.807) is 0 Å². The zero-order valence-electron chi connectivity index (χ0n) is 8.61. The molecule has 14 heavy (non-hydrogen) atoms. The summed E-state index contributed by atoms with van der Waals surface area (Å²) >= 11 is 0. The first-order valence-electron chi connectivity index (χ1n) is 4.06. The summed E-state index contributed by atoms with van der Waals surface area (Å²) in [6.45, 7) is 0.0463. The number of hydrogen-bond acceptors (Lipinski definition) is 4. The van der Waals surface area contributed by atoms with Gasteiger partial charge in [0.05, 0.1) is 5.75 Å². The molecule has 1 N–H and O–H groups in total. The molecule has 7 heteroatoms. The van der Waals surface area contributed by atoms with E-state index in [1.165, 1.54) is 21.2 Å². The Morgan fingerprint density at radius 3 is 2.43 bits per heavy atom. The second kappa shape index (κ2) is 5.94. The molecular weight excluding hydrogens is 208 g/mol. The minimum Gasteiger partial charge on any atom is -0.375 e. The third kappa shape index (κ3) is 5.15. The lowest BCUT2D eigenvalue weighted by atomic mass is 10.6. The zero-order chi connectivity index (χ0) is 11.2. The van der Waals surface area contributed by atoms with Crippen LogP contribution in [0.3, 0.4) is 0 Å². The molecule has 0 saturated heterocycles. The van der Waals surface area contributed by atoms with Gasteiger partial charge in [-0.05, 0) is 0 Å². The van der Waals surface area contributed by atoms with Gasteiger partial charge in [-0.1, -0.05) is 0 Å². The Morgan fingerprint density at radius 1 is 1.43 bits per heavy atom. The Hall–Kier alpha value is -0.660. The van der Waals surface area contributed by atoms with Gasteiger partial charge < -0.3 is 10.1 Å². The number of rotatable bonds is 6. The van der Waals surface area contributed by atoms with Gasteiger partial charge in [0.15, 0.2) is 0 Å². The molecule has 0 rings (SSSR count). The highest BCUT2D eigenvalue weighted by Crippen LogP contribution is 1.91. The molecule has 6 nitrogen and oxygen atoms in total. The van der Waals surface area contributed by atoms with E-state index >= 15 is 0 Å². The van der Waals surface area contributed by atoms with E-state index in [0.29, 0.717) is 0 Å². The average Bonchev–Trinajstić information content (AvgIpc) is 2.04. The number of nitrogens with zero attached hydrogens (tertiary/aromatic N) is 1. The summed E-state index contributed by atoms with van der Waals surface area (Å²) in [6, 6.07) is 0. The summed E-state index contributed by atoms with van der Waals surface area (Å²) in [5.74, 6) is -0.420. The van der Waals surface area contributed by atoms with Crippen LogP contribution < -0.4 is 5.32 Å². The predicted molar refractivity (Wildman–Crippen MR) is 52.4 cm³/mol. The van der Waals surface area contributed by atoms with Gasteiger partial charge in [0, 0.05) is 27.7 Å². The van der Waals surface area contributed by atoms with Crippen LogP contribution in [0, 0.1) is 0 Å². The van der Waals surface area contributed by atoms with Gasteiger partial charge in [0.25, 0.3) is 0 Å². The molecule has 0 unspecified atom stereocenters. The molecule has 0 fully saturated rings. The first-order valence-corrected chi connectivity index (χ1v) is 5.67. The number of amides is 1. The number of methoxy groups -OCH3 is 1. The van der Waals surface area contributed by atoms with Crippen molar-refractivity contribution in [3.63, 3.8) is 0 Å². The lowest BCUT2D eigenvalue weighted by molar-refractivity contribution is -0.124. The number of nitrogens with one attached hydrogen (secondary N) is 1. The molecule has 0 bridgehead atoms. The molecule has 0 atom stereocenters. The lowest BCUT2D eigenvalue weighted by Crippen LogP contribution is -2.35. The highest BCUT2D eigenvalue weighted by atomic mass is 32.2. The Morgan fingerprint density at radius 2 is 2.00 bits per heavy atom. The molecule has 0 aromatic rings. The van der Waals surface area contributed by atoms with E-state index < -0.39 is 10.0 Å². The van der Waals surface area contributed by atoms with E-state index in [4.69, 9.17) is 0 Å². The molecule has 0 radical (unpaired) electrons. The highest BCUT2D eigenvalue weighted by Gasteiger charge is 2.13. The summed E-state index contributed by atoms with van der Waals surface area (Å²) < 4.78 is 28.1. The van der Waals surface area contributed by atoms with Crippen molar-refractivity contribution in [2.45, 2.75) is 0 Å². The second-order valence-corrected chi connectivity index (χ2v) is 5.18. The summed E-state index contributed by atoms with van der Waals surface area (Å²) in [5, 5.41) is 2.42. The summed E-state index contributed by atoms with van der Waals surface area (Å²) in [7, 11) is 1.07. The summed E-state index contributed by atoms with van der Waals surface area (Å²) in [4.78, 5) is 10.9. The first-order chi connectivity index (χ1) is 6.40. The monoisotopic (exact) mass is 224 g/mol.